The van der Waals surface area contributed by atoms with Gasteiger partial charge in [-0.15, -0.1) is 0 Å². The highest BCUT2D eigenvalue weighted by Gasteiger charge is 2.17. The van der Waals surface area contributed by atoms with Crippen LogP contribution in [-0.2, 0) is 4.79 Å². The molecule has 2 heteroatoms. The summed E-state index contributed by atoms with van der Waals surface area (Å²) in [4.78, 5) is 16.0. The second kappa shape index (κ2) is 8.02. The average Bonchev–Trinajstić information content (AvgIpc) is 2.29. The van der Waals surface area contributed by atoms with Crippen molar-refractivity contribution >= 4 is 11.5 Å². The summed E-state index contributed by atoms with van der Waals surface area (Å²) in [7, 11) is 0. The Morgan fingerprint density at radius 3 is 2.11 bits per heavy atom. The maximum absolute atomic E-state index is 11.4. The van der Waals surface area contributed by atoms with Crippen LogP contribution in [0.25, 0.3) is 0 Å². The molecular weight excluding hydrogens is 222 g/mol. The molecule has 0 aromatic carbocycles. The van der Waals surface area contributed by atoms with Crippen LogP contribution in [0.5, 0.6) is 0 Å². The summed E-state index contributed by atoms with van der Waals surface area (Å²) in [5, 5.41) is 0. The minimum absolute atomic E-state index is 0.0237. The van der Waals surface area contributed by atoms with E-state index in [1.807, 2.05) is 6.92 Å². The van der Waals surface area contributed by atoms with E-state index in [-0.39, 0.29) is 5.78 Å². The second-order valence-corrected chi connectivity index (χ2v) is 4.91. The van der Waals surface area contributed by atoms with Gasteiger partial charge in [-0.1, -0.05) is 39.8 Å². The van der Waals surface area contributed by atoms with Gasteiger partial charge < -0.3 is 0 Å². The predicted molar refractivity (Wildman–Crippen MR) is 79.9 cm³/mol. The standard InChI is InChI=1S/C16H27NO/c1-8-11(4)15(9-2)12(5)17-13(6)16(10-3)14(7)18/h10-11,15H,3,8-9H2,1-2,4-7H3/b16-13-,17-12?/t11?,15-/m1/s1. The van der Waals surface area contributed by atoms with Gasteiger partial charge in [0.05, 0.1) is 0 Å². The molecule has 18 heavy (non-hydrogen) atoms. The van der Waals surface area contributed by atoms with Gasteiger partial charge in [0.25, 0.3) is 0 Å². The fourth-order valence-corrected chi connectivity index (χ4v) is 2.35. The van der Waals surface area contributed by atoms with Crippen molar-refractivity contribution in [2.75, 3.05) is 0 Å². The lowest BCUT2D eigenvalue weighted by Gasteiger charge is -2.21. The molecule has 0 spiro atoms. The number of carbonyl (C=O) groups excluding carboxylic acids is 1. The van der Waals surface area contributed by atoms with Crippen molar-refractivity contribution in [1.29, 1.82) is 0 Å². The van der Waals surface area contributed by atoms with E-state index in [1.165, 1.54) is 0 Å². The first-order valence-corrected chi connectivity index (χ1v) is 6.78. The zero-order valence-electron chi connectivity index (χ0n) is 12.7. The van der Waals surface area contributed by atoms with Gasteiger partial charge in [-0.05, 0) is 39.0 Å². The number of allylic oxidation sites excluding steroid dienone is 3. The van der Waals surface area contributed by atoms with E-state index in [9.17, 15) is 4.79 Å². The van der Waals surface area contributed by atoms with Crippen molar-refractivity contribution in [2.45, 2.75) is 54.4 Å². The zero-order valence-corrected chi connectivity index (χ0v) is 12.7. The molecular formula is C16H27NO. The van der Waals surface area contributed by atoms with Crippen molar-refractivity contribution in [3.05, 3.63) is 23.9 Å². The Balaban J connectivity index is 5.28. The van der Waals surface area contributed by atoms with Gasteiger partial charge in [-0.3, -0.25) is 9.79 Å². The molecule has 0 heterocycles. The molecule has 2 atom stereocenters. The van der Waals surface area contributed by atoms with Crippen LogP contribution in [0.3, 0.4) is 0 Å². The third-order valence-corrected chi connectivity index (χ3v) is 3.62. The third-order valence-electron chi connectivity index (χ3n) is 3.62. The Labute approximate surface area is 112 Å². The van der Waals surface area contributed by atoms with E-state index >= 15 is 0 Å². The van der Waals surface area contributed by atoms with Gasteiger partial charge in [0.1, 0.15) is 0 Å². The molecule has 0 aliphatic carbocycles. The Kier molecular flexibility index (Phi) is 7.49. The molecule has 0 aliphatic heterocycles. The molecule has 0 bridgehead atoms. The number of ketones is 1. The summed E-state index contributed by atoms with van der Waals surface area (Å²) in [6, 6.07) is 0. The van der Waals surface area contributed by atoms with Gasteiger partial charge in [0, 0.05) is 17.0 Å². The topological polar surface area (TPSA) is 29.4 Å². The Morgan fingerprint density at radius 2 is 1.78 bits per heavy atom. The molecule has 0 N–H and O–H groups in total. The summed E-state index contributed by atoms with van der Waals surface area (Å²) in [5.74, 6) is 1.13. The molecule has 0 fully saturated rings. The zero-order chi connectivity index (χ0) is 14.3. The van der Waals surface area contributed by atoms with Crippen LogP contribution < -0.4 is 0 Å². The highest BCUT2D eigenvalue weighted by Crippen LogP contribution is 2.22. The first kappa shape index (κ1) is 16.8. The van der Waals surface area contributed by atoms with E-state index in [4.69, 9.17) is 0 Å². The molecule has 0 aliphatic rings. The number of hydrogen-bond acceptors (Lipinski definition) is 2. The average molecular weight is 249 g/mol. The lowest BCUT2D eigenvalue weighted by atomic mass is 9.86. The molecule has 0 radical (unpaired) electrons. The van der Waals surface area contributed by atoms with Crippen molar-refractivity contribution in [1.82, 2.24) is 0 Å². The molecule has 2 nitrogen and oxygen atoms in total. The van der Waals surface area contributed by atoms with E-state index < -0.39 is 0 Å². The summed E-state index contributed by atoms with van der Waals surface area (Å²) in [6.07, 6.45) is 3.83. The first-order valence-electron chi connectivity index (χ1n) is 6.78. The van der Waals surface area contributed by atoms with Crippen LogP contribution in [0, 0.1) is 11.8 Å². The number of rotatable bonds is 7. The molecule has 102 valence electrons. The maximum Gasteiger partial charge on any atom is 0.161 e. The summed E-state index contributed by atoms with van der Waals surface area (Å²) < 4.78 is 0. The first-order chi connectivity index (χ1) is 8.38. The lowest BCUT2D eigenvalue weighted by molar-refractivity contribution is -0.113. The molecule has 0 saturated heterocycles. The predicted octanol–water partition coefficient (Wildman–Crippen LogP) is 4.57. The molecule has 0 amide bonds. The second-order valence-electron chi connectivity index (χ2n) is 4.91. The number of Topliss-reactive ketones (excluding diaryl/α,β-unsaturated/α-hetero) is 1. The van der Waals surface area contributed by atoms with Crippen LogP contribution >= 0.6 is 0 Å². The number of hydrogen-bond donors (Lipinski definition) is 0. The van der Waals surface area contributed by atoms with E-state index in [0.717, 1.165) is 24.3 Å². The fourth-order valence-electron chi connectivity index (χ4n) is 2.35. The summed E-state index contributed by atoms with van der Waals surface area (Å²) in [6.45, 7) is 15.8. The van der Waals surface area contributed by atoms with Gasteiger partial charge in [0.2, 0.25) is 0 Å². The lowest BCUT2D eigenvalue weighted by Crippen LogP contribution is -2.18. The molecule has 0 rings (SSSR count). The minimum atomic E-state index is 0.0237. The normalized spacial score (nSPS) is 16.9. The fraction of sp³-hybridized carbons (Fsp3) is 0.625. The van der Waals surface area contributed by atoms with Gasteiger partial charge in [-0.25, -0.2) is 0 Å². The van der Waals surface area contributed by atoms with Crippen molar-refractivity contribution < 1.29 is 4.79 Å². The highest BCUT2D eigenvalue weighted by atomic mass is 16.1. The third kappa shape index (κ3) is 4.59. The van der Waals surface area contributed by atoms with E-state index in [2.05, 4.69) is 39.3 Å². The van der Waals surface area contributed by atoms with Gasteiger partial charge >= 0.3 is 0 Å². The van der Waals surface area contributed by atoms with Crippen LogP contribution in [0.2, 0.25) is 0 Å². The Morgan fingerprint density at radius 1 is 1.22 bits per heavy atom. The van der Waals surface area contributed by atoms with Crippen molar-refractivity contribution in [2.24, 2.45) is 16.8 Å². The number of aliphatic imine (C=N–C) groups is 1. The van der Waals surface area contributed by atoms with Gasteiger partial charge in [-0.2, -0.15) is 0 Å². The number of carbonyl (C=O) groups is 1. The largest absolute Gasteiger partial charge is 0.294 e. The number of nitrogens with zero attached hydrogens (tertiary/aromatic N) is 1. The Hall–Kier alpha value is -1.18. The smallest absolute Gasteiger partial charge is 0.161 e. The van der Waals surface area contributed by atoms with E-state index in [1.54, 1.807) is 13.0 Å². The van der Waals surface area contributed by atoms with Crippen LogP contribution in [0.1, 0.15) is 54.4 Å². The molecule has 0 aromatic heterocycles. The van der Waals surface area contributed by atoms with Crippen LogP contribution in [-0.4, -0.2) is 11.5 Å². The molecule has 1 unspecified atom stereocenters. The monoisotopic (exact) mass is 249 g/mol. The van der Waals surface area contributed by atoms with Crippen molar-refractivity contribution in [3.63, 3.8) is 0 Å². The van der Waals surface area contributed by atoms with Gasteiger partial charge in [0.15, 0.2) is 5.78 Å². The minimum Gasteiger partial charge on any atom is -0.294 e. The quantitative estimate of drug-likeness (QED) is 0.369. The van der Waals surface area contributed by atoms with Crippen molar-refractivity contribution in [3.8, 4) is 0 Å². The molecule has 0 saturated carbocycles. The highest BCUT2D eigenvalue weighted by molar-refractivity contribution is 5.97. The maximum atomic E-state index is 11.4. The van der Waals surface area contributed by atoms with Crippen LogP contribution in [0.15, 0.2) is 28.9 Å². The Bertz CT molecular complexity index is 363. The summed E-state index contributed by atoms with van der Waals surface area (Å²) in [5.41, 5.74) is 2.51. The molecule has 0 aromatic rings. The van der Waals surface area contributed by atoms with E-state index in [0.29, 0.717) is 17.4 Å². The SMILES string of the molecule is C=C/C(C(C)=O)=C(\C)N=C(C)[C@H](CC)C(C)CC. The van der Waals surface area contributed by atoms with Crippen LogP contribution in [0.4, 0.5) is 0 Å². The summed E-state index contributed by atoms with van der Waals surface area (Å²) >= 11 is 0.